The highest BCUT2D eigenvalue weighted by molar-refractivity contribution is 7.25. The summed E-state index contributed by atoms with van der Waals surface area (Å²) in [4.78, 5) is 15.6. The van der Waals surface area contributed by atoms with Crippen molar-refractivity contribution in [2.24, 2.45) is 21.7 Å². The van der Waals surface area contributed by atoms with E-state index in [2.05, 4.69) is 136 Å². The van der Waals surface area contributed by atoms with Gasteiger partial charge in [-0.15, -0.1) is 11.3 Å². The lowest BCUT2D eigenvalue weighted by Gasteiger charge is -2.40. The first-order valence-electron chi connectivity index (χ1n) is 17.8. The number of dihydropyridines is 1. The fraction of sp³-hybridized carbons (Fsp3) is 0.326. The SMILES string of the molecule is CCC1(CC)C=C(C2c3ccc4sc5ccccc5c4c3-c3cnc4cccnc4[n+]32)[n+]2ccccc2C2=CC(C(C)(C)C)=NC(C2)C1C. The summed E-state index contributed by atoms with van der Waals surface area (Å²) in [6.07, 6.45) is 14.4. The molecule has 0 aliphatic carbocycles. The number of fused-ring (bicyclic) bond motifs is 13. The highest BCUT2D eigenvalue weighted by atomic mass is 32.1. The van der Waals surface area contributed by atoms with Crippen LogP contribution in [0.15, 0.2) is 102 Å². The second-order valence-corrected chi connectivity index (χ2v) is 16.3. The van der Waals surface area contributed by atoms with Crippen LogP contribution in [0.2, 0.25) is 0 Å². The average Bonchev–Trinajstić information content (AvgIpc) is 3.68. The third-order valence-electron chi connectivity index (χ3n) is 11.8. The summed E-state index contributed by atoms with van der Waals surface area (Å²) in [6.45, 7) is 14.1. The Hall–Kier alpha value is -4.55. The zero-order valence-corrected chi connectivity index (χ0v) is 30.1. The van der Waals surface area contributed by atoms with Crippen LogP contribution in [0.25, 0.3) is 53.9 Å². The van der Waals surface area contributed by atoms with E-state index in [1.165, 1.54) is 54.0 Å². The summed E-state index contributed by atoms with van der Waals surface area (Å²) < 4.78 is 7.62. The summed E-state index contributed by atoms with van der Waals surface area (Å²) in [7, 11) is 0. The number of rotatable bonds is 3. The van der Waals surface area contributed by atoms with Gasteiger partial charge in [-0.3, -0.25) is 4.99 Å². The van der Waals surface area contributed by atoms with E-state index in [0.717, 1.165) is 36.1 Å². The molecule has 2 bridgehead atoms. The Bertz CT molecular complexity index is 2420. The summed E-state index contributed by atoms with van der Waals surface area (Å²) in [6, 6.07) is 24.5. The first kappa shape index (κ1) is 30.5. The topological polar surface area (TPSA) is 45.9 Å². The maximum Gasteiger partial charge on any atom is 0.350 e. The molecule has 3 aliphatic rings. The number of allylic oxidation sites excluding steroid dienone is 3. The van der Waals surface area contributed by atoms with Gasteiger partial charge in [0.15, 0.2) is 17.4 Å². The van der Waals surface area contributed by atoms with E-state index in [1.807, 2.05) is 23.6 Å². The molecule has 9 rings (SSSR count). The molecule has 49 heavy (non-hydrogen) atoms. The van der Waals surface area contributed by atoms with Crippen LogP contribution in [0.5, 0.6) is 0 Å². The molecule has 244 valence electrons. The van der Waals surface area contributed by atoms with Crippen molar-refractivity contribution in [3.63, 3.8) is 0 Å². The predicted molar refractivity (Wildman–Crippen MR) is 203 cm³/mol. The smallest absolute Gasteiger partial charge is 0.285 e. The minimum Gasteiger partial charge on any atom is -0.285 e. The van der Waals surface area contributed by atoms with E-state index in [9.17, 15) is 0 Å². The molecule has 5 nitrogen and oxygen atoms in total. The van der Waals surface area contributed by atoms with Crippen LogP contribution in [-0.2, 0) is 0 Å². The number of aromatic nitrogens is 4. The number of pyridine rings is 2. The largest absolute Gasteiger partial charge is 0.350 e. The zero-order valence-electron chi connectivity index (χ0n) is 29.2. The van der Waals surface area contributed by atoms with E-state index in [1.54, 1.807) is 0 Å². The van der Waals surface area contributed by atoms with Gasteiger partial charge in [-0.05, 0) is 71.6 Å². The molecule has 0 N–H and O–H groups in total. The van der Waals surface area contributed by atoms with Crippen molar-refractivity contribution in [1.29, 1.82) is 0 Å². The second-order valence-electron chi connectivity index (χ2n) is 15.2. The lowest BCUT2D eigenvalue weighted by Crippen LogP contribution is -2.49. The summed E-state index contributed by atoms with van der Waals surface area (Å²) in [5, 5.41) is 2.63. The molecular formula is C43H43N5S+2. The van der Waals surface area contributed by atoms with Crippen LogP contribution in [-0.4, -0.2) is 21.7 Å². The molecule has 0 spiro atoms. The van der Waals surface area contributed by atoms with Crippen molar-refractivity contribution in [1.82, 2.24) is 9.97 Å². The van der Waals surface area contributed by atoms with Crippen molar-refractivity contribution in [2.75, 3.05) is 0 Å². The van der Waals surface area contributed by atoms with Gasteiger partial charge in [-0.25, -0.2) is 9.55 Å². The highest BCUT2D eigenvalue weighted by Crippen LogP contribution is 2.50. The number of nitrogens with zero attached hydrogens (tertiary/aromatic N) is 5. The van der Waals surface area contributed by atoms with Gasteiger partial charge in [0.1, 0.15) is 6.20 Å². The Balaban J connectivity index is 1.42. The molecule has 0 fully saturated rings. The number of aliphatic imine (C=N–C) groups is 1. The molecule has 3 aliphatic heterocycles. The molecule has 6 heteroatoms. The van der Waals surface area contributed by atoms with Gasteiger partial charge < -0.3 is 0 Å². The molecule has 7 heterocycles. The molecule has 0 saturated carbocycles. The molecule has 2 aromatic carbocycles. The number of hydrogen-bond acceptors (Lipinski definition) is 4. The molecule has 3 atom stereocenters. The Morgan fingerprint density at radius 3 is 2.53 bits per heavy atom. The summed E-state index contributed by atoms with van der Waals surface area (Å²) in [5.74, 6) is 0.342. The van der Waals surface area contributed by atoms with E-state index in [-0.39, 0.29) is 22.9 Å². The monoisotopic (exact) mass is 661 g/mol. The molecular weight excluding hydrogens is 619 g/mol. The van der Waals surface area contributed by atoms with Crippen molar-refractivity contribution >= 4 is 59.7 Å². The molecule has 0 amide bonds. The van der Waals surface area contributed by atoms with Crippen LogP contribution in [0.3, 0.4) is 0 Å². The molecule has 6 aromatic rings. The fourth-order valence-corrected chi connectivity index (χ4v) is 10.0. The van der Waals surface area contributed by atoms with Gasteiger partial charge >= 0.3 is 5.65 Å². The van der Waals surface area contributed by atoms with Gasteiger partial charge in [-0.2, -0.15) is 4.57 Å². The standard InChI is InChI=1S/C43H43N5S/c1-7-43(8-2)24-33(47-21-12-11-16-32(47)27-22-31(26(43)3)46-37(23-27)42(4,5)6)40-29-18-19-36-39(28-14-9-10-17-35(28)49-36)38(29)34-25-45-30-15-13-20-44-41(30)48(34)40/h9-21,23-26,31,40H,7-8,22H2,1-6H3/q+2. The van der Waals surface area contributed by atoms with Crippen LogP contribution in [0.1, 0.15) is 78.1 Å². The maximum atomic E-state index is 5.53. The summed E-state index contributed by atoms with van der Waals surface area (Å²) >= 11 is 1.87. The average molecular weight is 662 g/mol. The van der Waals surface area contributed by atoms with Gasteiger partial charge in [0.2, 0.25) is 17.4 Å². The Kier molecular flexibility index (Phi) is 6.83. The Morgan fingerprint density at radius 2 is 1.71 bits per heavy atom. The minimum atomic E-state index is -0.106. The van der Waals surface area contributed by atoms with Crippen molar-refractivity contribution in [2.45, 2.75) is 72.9 Å². The number of hydrogen-bond donors (Lipinski definition) is 0. The van der Waals surface area contributed by atoms with Crippen LogP contribution in [0.4, 0.5) is 0 Å². The molecule has 4 aromatic heterocycles. The normalized spacial score (nSPS) is 21.3. The van der Waals surface area contributed by atoms with E-state index in [0.29, 0.717) is 5.92 Å². The van der Waals surface area contributed by atoms with Crippen molar-refractivity contribution in [3.05, 3.63) is 109 Å². The van der Waals surface area contributed by atoms with Gasteiger partial charge in [-0.1, -0.05) is 65.8 Å². The molecule has 0 radical (unpaired) electrons. The third kappa shape index (κ3) is 4.45. The number of benzene rings is 2. The van der Waals surface area contributed by atoms with Crippen LogP contribution in [0, 0.1) is 16.7 Å². The third-order valence-corrected chi connectivity index (χ3v) is 12.9. The predicted octanol–water partition coefficient (Wildman–Crippen LogP) is 9.78. The minimum absolute atomic E-state index is 0.0416. The zero-order chi connectivity index (χ0) is 33.7. The molecule has 0 saturated heterocycles. The second kappa shape index (κ2) is 11.0. The van der Waals surface area contributed by atoms with E-state index in [4.69, 9.17) is 15.0 Å². The van der Waals surface area contributed by atoms with Gasteiger partial charge in [0.05, 0.1) is 12.2 Å². The first-order chi connectivity index (χ1) is 23.7. The highest BCUT2D eigenvalue weighted by Gasteiger charge is 2.49. The van der Waals surface area contributed by atoms with Crippen molar-refractivity contribution in [3.8, 4) is 11.3 Å². The van der Waals surface area contributed by atoms with Crippen molar-refractivity contribution < 1.29 is 9.13 Å². The lowest BCUT2D eigenvalue weighted by molar-refractivity contribution is -0.693. The molecule has 3 unspecified atom stereocenters. The maximum absolute atomic E-state index is 5.53. The van der Waals surface area contributed by atoms with Crippen LogP contribution < -0.4 is 9.13 Å². The lowest BCUT2D eigenvalue weighted by atomic mass is 9.67. The van der Waals surface area contributed by atoms with Gasteiger partial charge in [0, 0.05) is 66.6 Å². The van der Waals surface area contributed by atoms with Crippen LogP contribution >= 0.6 is 11.3 Å². The number of thiophene rings is 1. The summed E-state index contributed by atoms with van der Waals surface area (Å²) in [5.41, 5.74) is 10.5. The fourth-order valence-electron chi connectivity index (χ4n) is 8.90. The Labute approximate surface area is 292 Å². The Morgan fingerprint density at radius 1 is 0.898 bits per heavy atom. The van der Waals surface area contributed by atoms with Gasteiger partial charge in [0.25, 0.3) is 0 Å². The van der Waals surface area contributed by atoms with E-state index < -0.39 is 0 Å². The first-order valence-corrected chi connectivity index (χ1v) is 18.7. The quantitative estimate of drug-likeness (QED) is 0.177. The van der Waals surface area contributed by atoms with E-state index >= 15 is 0 Å².